The van der Waals surface area contributed by atoms with Crippen molar-refractivity contribution in [3.8, 4) is 0 Å². The molecule has 0 spiro atoms. The van der Waals surface area contributed by atoms with Crippen LogP contribution >= 0.6 is 0 Å². The van der Waals surface area contributed by atoms with Crippen molar-refractivity contribution in [2.75, 3.05) is 13.2 Å². The molecule has 4 aliphatic carbocycles. The lowest BCUT2D eigenvalue weighted by molar-refractivity contribution is -0.317. The van der Waals surface area contributed by atoms with Crippen LogP contribution in [0.4, 0.5) is 0 Å². The van der Waals surface area contributed by atoms with Crippen LogP contribution in [-0.4, -0.2) is 87.1 Å². The van der Waals surface area contributed by atoms with E-state index in [2.05, 4.69) is 13.8 Å². The second-order valence-corrected chi connectivity index (χ2v) is 13.5. The normalized spacial score (nSPS) is 54.5. The van der Waals surface area contributed by atoms with Gasteiger partial charge in [-0.2, -0.15) is 0 Å². The Morgan fingerprint density at radius 1 is 0.974 bits per heavy atom. The largest absolute Gasteiger partial charge is 0.458 e. The molecule has 1 saturated heterocycles. The van der Waals surface area contributed by atoms with Gasteiger partial charge in [0, 0.05) is 11.0 Å². The highest BCUT2D eigenvalue weighted by atomic mass is 16.7. The second-order valence-electron chi connectivity index (χ2n) is 13.5. The summed E-state index contributed by atoms with van der Waals surface area (Å²) in [4.78, 5) is 12.4. The Labute approximate surface area is 224 Å². The number of esters is 1. The van der Waals surface area contributed by atoms with E-state index in [-0.39, 0.29) is 34.7 Å². The number of hydrogen-bond acceptors (Lipinski definition) is 9. The Balaban J connectivity index is 1.16. The first-order valence-electron chi connectivity index (χ1n) is 14.6. The zero-order chi connectivity index (χ0) is 27.0. The van der Waals surface area contributed by atoms with Gasteiger partial charge < -0.3 is 39.7 Å². The number of hydrogen-bond donors (Lipinski definition) is 5. The number of ether oxygens (including phenoxy) is 3. The summed E-state index contributed by atoms with van der Waals surface area (Å²) in [7, 11) is 0. The van der Waals surface area contributed by atoms with Crippen molar-refractivity contribution in [3.63, 3.8) is 0 Å². The molecule has 2 aliphatic heterocycles. The second kappa shape index (κ2) is 9.50. The SMILES string of the molecule is C[C@]12CC[C@H](O[C@H]3O[C@@H](CO)[C@@H](O)[C@@H](O)[C@H]3O)C[C@@H]1CC[C@@H]1[C@@H]2CC[C@]2(C)[C@@H](C3=CCOC3=O)CC[C@@]12O. The molecule has 4 saturated carbocycles. The molecule has 6 rings (SSSR count). The van der Waals surface area contributed by atoms with Crippen LogP contribution in [-0.2, 0) is 19.0 Å². The molecule has 0 unspecified atom stereocenters. The summed E-state index contributed by atoms with van der Waals surface area (Å²) in [6, 6.07) is 0. The van der Waals surface area contributed by atoms with Gasteiger partial charge in [-0.05, 0) is 93.0 Å². The van der Waals surface area contributed by atoms with E-state index in [9.17, 15) is 30.3 Å². The molecule has 5 fully saturated rings. The lowest BCUT2D eigenvalue weighted by Gasteiger charge is -2.63. The molecule has 13 atom stereocenters. The fourth-order valence-electron chi connectivity index (χ4n) is 9.84. The highest BCUT2D eigenvalue weighted by Crippen LogP contribution is 2.70. The minimum Gasteiger partial charge on any atom is -0.458 e. The number of carbonyl (C=O) groups is 1. The molecule has 0 radical (unpaired) electrons. The van der Waals surface area contributed by atoms with Gasteiger partial charge in [0.15, 0.2) is 6.29 Å². The van der Waals surface area contributed by atoms with E-state index in [0.29, 0.717) is 18.4 Å². The average Bonchev–Trinajstić information content (AvgIpc) is 3.43. The molecule has 2 heterocycles. The van der Waals surface area contributed by atoms with Crippen molar-refractivity contribution >= 4 is 5.97 Å². The molecule has 0 aromatic heterocycles. The van der Waals surface area contributed by atoms with Crippen LogP contribution in [0.15, 0.2) is 11.6 Å². The Morgan fingerprint density at radius 2 is 1.76 bits per heavy atom. The van der Waals surface area contributed by atoms with Crippen molar-refractivity contribution in [2.45, 2.75) is 114 Å². The molecule has 5 N–H and O–H groups in total. The monoisotopic (exact) mass is 536 g/mol. The maximum Gasteiger partial charge on any atom is 0.334 e. The number of cyclic esters (lactones) is 1. The van der Waals surface area contributed by atoms with Gasteiger partial charge in [-0.3, -0.25) is 0 Å². The average molecular weight is 537 g/mol. The summed E-state index contributed by atoms with van der Waals surface area (Å²) in [5.41, 5.74) is -0.274. The smallest absolute Gasteiger partial charge is 0.334 e. The van der Waals surface area contributed by atoms with Gasteiger partial charge in [-0.15, -0.1) is 0 Å². The van der Waals surface area contributed by atoms with Crippen molar-refractivity contribution in [2.24, 2.45) is 34.5 Å². The molecule has 6 aliphatic rings. The van der Waals surface area contributed by atoms with Crippen molar-refractivity contribution in [1.29, 1.82) is 0 Å². The van der Waals surface area contributed by atoms with E-state index in [1.165, 1.54) is 0 Å². The summed E-state index contributed by atoms with van der Waals surface area (Å²) in [6.45, 7) is 4.46. The number of rotatable bonds is 4. The number of aliphatic hydroxyl groups excluding tert-OH is 4. The molecule has 9 heteroatoms. The van der Waals surface area contributed by atoms with Gasteiger partial charge in [0.05, 0.1) is 18.3 Å². The van der Waals surface area contributed by atoms with E-state index >= 15 is 0 Å². The lowest BCUT2D eigenvalue weighted by Crippen LogP contribution is -2.63. The van der Waals surface area contributed by atoms with Gasteiger partial charge >= 0.3 is 5.97 Å². The summed E-state index contributed by atoms with van der Waals surface area (Å²) in [5.74, 6) is 0.849. The number of aliphatic hydroxyl groups is 5. The fourth-order valence-corrected chi connectivity index (χ4v) is 9.84. The van der Waals surface area contributed by atoms with Crippen molar-refractivity contribution in [1.82, 2.24) is 0 Å². The van der Waals surface area contributed by atoms with Gasteiger partial charge in [0.1, 0.15) is 31.0 Å². The number of carbonyl (C=O) groups excluding carboxylic acids is 1. The summed E-state index contributed by atoms with van der Waals surface area (Å²) >= 11 is 0. The molecule has 0 aromatic rings. The van der Waals surface area contributed by atoms with Crippen molar-refractivity contribution in [3.05, 3.63) is 11.6 Å². The fraction of sp³-hybridized carbons (Fsp3) is 0.897. The molecular weight excluding hydrogens is 492 g/mol. The first kappa shape index (κ1) is 27.1. The molecule has 9 nitrogen and oxygen atoms in total. The molecular formula is C29H44O9. The van der Waals surface area contributed by atoms with Crippen LogP contribution in [0.3, 0.4) is 0 Å². The van der Waals surface area contributed by atoms with Crippen LogP contribution < -0.4 is 0 Å². The van der Waals surface area contributed by atoms with Crippen LogP contribution in [0.25, 0.3) is 0 Å². The van der Waals surface area contributed by atoms with Gasteiger partial charge in [0.25, 0.3) is 0 Å². The van der Waals surface area contributed by atoms with Crippen LogP contribution in [0.2, 0.25) is 0 Å². The van der Waals surface area contributed by atoms with Gasteiger partial charge in [0.2, 0.25) is 0 Å². The lowest BCUT2D eigenvalue weighted by atomic mass is 9.43. The predicted molar refractivity (Wildman–Crippen MR) is 134 cm³/mol. The zero-order valence-corrected chi connectivity index (χ0v) is 22.5. The van der Waals surface area contributed by atoms with Gasteiger partial charge in [-0.1, -0.05) is 13.8 Å². The molecule has 214 valence electrons. The third-order valence-corrected chi connectivity index (χ3v) is 12.1. The van der Waals surface area contributed by atoms with E-state index in [1.807, 2.05) is 6.08 Å². The molecule has 38 heavy (non-hydrogen) atoms. The van der Waals surface area contributed by atoms with Gasteiger partial charge in [-0.25, -0.2) is 4.79 Å². The molecule has 0 amide bonds. The Hall–Kier alpha value is -1.07. The zero-order valence-electron chi connectivity index (χ0n) is 22.5. The molecule has 0 bridgehead atoms. The Bertz CT molecular complexity index is 968. The quantitative estimate of drug-likeness (QED) is 0.266. The highest BCUT2D eigenvalue weighted by molar-refractivity contribution is 5.91. The maximum atomic E-state index is 12.4. The maximum absolute atomic E-state index is 12.4. The van der Waals surface area contributed by atoms with Crippen molar-refractivity contribution < 1.29 is 44.5 Å². The third kappa shape index (κ3) is 3.80. The van der Waals surface area contributed by atoms with E-state index in [4.69, 9.17) is 14.2 Å². The van der Waals surface area contributed by atoms with Crippen LogP contribution in [0.1, 0.15) is 71.6 Å². The van der Waals surface area contributed by atoms with E-state index in [1.54, 1.807) is 0 Å². The topological polar surface area (TPSA) is 146 Å². The first-order valence-corrected chi connectivity index (χ1v) is 14.6. The Morgan fingerprint density at radius 3 is 2.47 bits per heavy atom. The standard InChI is InChI=1S/C29H44O9/c1-27-9-5-16(37-26-24(33)23(32)22(31)21(14-30)38-26)13-15(27)3-4-20-19(27)6-10-28(2)18(7-11-29(20,28)35)17-8-12-36-25(17)34/h8,15-16,18-24,26,30-33,35H,3-7,9-14H2,1-2H3/t15-,16-,18+,19-,20+,21-,22+,23+,24+,26-,27-,28+,29+/m0/s1. The third-order valence-electron chi connectivity index (χ3n) is 12.1. The Kier molecular flexibility index (Phi) is 6.78. The first-order chi connectivity index (χ1) is 18.0. The number of fused-ring (bicyclic) bond motifs is 5. The minimum absolute atomic E-state index is 0.0525. The van der Waals surface area contributed by atoms with Crippen LogP contribution in [0.5, 0.6) is 0 Å². The predicted octanol–water partition coefficient (Wildman–Crippen LogP) is 1.43. The highest BCUT2D eigenvalue weighted by Gasteiger charge is 2.68. The van der Waals surface area contributed by atoms with E-state index < -0.39 is 42.9 Å². The van der Waals surface area contributed by atoms with E-state index in [0.717, 1.165) is 63.4 Å². The molecule has 0 aromatic carbocycles. The summed E-state index contributed by atoms with van der Waals surface area (Å²) < 4.78 is 17.0. The summed E-state index contributed by atoms with van der Waals surface area (Å²) in [6.07, 6.45) is 3.42. The van der Waals surface area contributed by atoms with Crippen LogP contribution in [0, 0.1) is 34.5 Å². The summed E-state index contributed by atoms with van der Waals surface area (Å²) in [5, 5.41) is 52.5. The minimum atomic E-state index is -1.44.